The Morgan fingerprint density at radius 2 is 1.46 bits per heavy atom. The molecule has 2 aromatic carbocycles. The molecular weight excluding hydrogens is 380 g/mol. The van der Waals surface area contributed by atoms with Gasteiger partial charge in [0.1, 0.15) is 0 Å². The van der Waals surface area contributed by atoms with Crippen LogP contribution in [0.2, 0.25) is 0 Å². The lowest BCUT2D eigenvalue weighted by Crippen LogP contribution is -2.25. The van der Waals surface area contributed by atoms with Crippen molar-refractivity contribution in [3.63, 3.8) is 0 Å². The predicted molar refractivity (Wildman–Crippen MR) is 114 cm³/mol. The molecule has 0 heterocycles. The molecule has 0 unspecified atom stereocenters. The number of carbonyl (C=O) groups is 1. The van der Waals surface area contributed by atoms with Gasteiger partial charge in [0.05, 0.1) is 19.8 Å². The Morgan fingerprint density at radius 1 is 0.929 bits per heavy atom. The van der Waals surface area contributed by atoms with E-state index in [1.54, 1.807) is 12.1 Å². The van der Waals surface area contributed by atoms with Crippen LogP contribution < -0.4 is 25.3 Å². The van der Waals surface area contributed by atoms with E-state index in [9.17, 15) is 4.79 Å². The van der Waals surface area contributed by atoms with Crippen molar-refractivity contribution in [2.45, 2.75) is 27.2 Å². The van der Waals surface area contributed by atoms with Gasteiger partial charge in [0.15, 0.2) is 11.5 Å². The van der Waals surface area contributed by atoms with Gasteiger partial charge in [-0.05, 0) is 57.0 Å². The average molecular weight is 409 g/mol. The number of carbonyl (C=O) groups excluding carboxylic acids is 1. The molecule has 0 atom stereocenters. The molecule has 0 spiro atoms. The summed E-state index contributed by atoms with van der Waals surface area (Å²) in [5.41, 5.74) is 8.00. The number of nitrogen functional groups attached to an aromatic ring is 1. The lowest BCUT2D eigenvalue weighted by atomic mass is 10.1. The van der Waals surface area contributed by atoms with Gasteiger partial charge in [0.2, 0.25) is 5.75 Å². The minimum Gasteiger partial charge on any atom is -0.490 e. The maximum atomic E-state index is 12.6. The molecule has 0 bridgehead atoms. The number of benzene rings is 2. The number of anilines is 1. The van der Waals surface area contributed by atoms with E-state index in [4.69, 9.17) is 19.9 Å². The SMILES string of the molecule is CCOc1cc(C(=O)NCCc2ccc(N)cc2)cc(OCC)c1OCC.Cl. The molecule has 3 N–H and O–H groups in total. The van der Waals surface area contributed by atoms with E-state index in [2.05, 4.69) is 5.32 Å². The summed E-state index contributed by atoms with van der Waals surface area (Å²) in [6.07, 6.45) is 0.722. The smallest absolute Gasteiger partial charge is 0.251 e. The van der Waals surface area contributed by atoms with Crippen molar-refractivity contribution < 1.29 is 19.0 Å². The van der Waals surface area contributed by atoms with Gasteiger partial charge in [-0.1, -0.05) is 12.1 Å². The van der Waals surface area contributed by atoms with E-state index >= 15 is 0 Å². The maximum Gasteiger partial charge on any atom is 0.251 e. The van der Waals surface area contributed by atoms with Gasteiger partial charge in [0, 0.05) is 17.8 Å². The highest BCUT2D eigenvalue weighted by atomic mass is 35.5. The molecule has 2 aromatic rings. The minimum absolute atomic E-state index is 0. The monoisotopic (exact) mass is 408 g/mol. The summed E-state index contributed by atoms with van der Waals surface area (Å²) in [4.78, 5) is 12.6. The van der Waals surface area contributed by atoms with E-state index in [0.717, 1.165) is 17.7 Å². The van der Waals surface area contributed by atoms with Gasteiger partial charge in [0.25, 0.3) is 5.91 Å². The number of rotatable bonds is 10. The second-order valence-corrected chi connectivity index (χ2v) is 5.85. The molecule has 2 rings (SSSR count). The van der Waals surface area contributed by atoms with Crippen LogP contribution in [0.5, 0.6) is 17.2 Å². The number of halogens is 1. The second kappa shape index (κ2) is 12.0. The third kappa shape index (κ3) is 6.53. The topological polar surface area (TPSA) is 82.8 Å². The van der Waals surface area contributed by atoms with E-state index in [-0.39, 0.29) is 18.3 Å². The van der Waals surface area contributed by atoms with Gasteiger partial charge in [-0.25, -0.2) is 0 Å². The van der Waals surface area contributed by atoms with Gasteiger partial charge >= 0.3 is 0 Å². The van der Waals surface area contributed by atoms with Crippen LogP contribution in [0.1, 0.15) is 36.7 Å². The number of hydrogen-bond donors (Lipinski definition) is 2. The van der Waals surface area contributed by atoms with Crippen molar-refractivity contribution in [3.8, 4) is 17.2 Å². The Labute approximate surface area is 172 Å². The first-order chi connectivity index (χ1) is 13.1. The van der Waals surface area contributed by atoms with Crippen molar-refractivity contribution in [3.05, 3.63) is 47.5 Å². The summed E-state index contributed by atoms with van der Waals surface area (Å²) in [5.74, 6) is 1.36. The van der Waals surface area contributed by atoms with E-state index in [1.807, 2.05) is 45.0 Å². The van der Waals surface area contributed by atoms with Gasteiger partial charge in [-0.2, -0.15) is 0 Å². The fourth-order valence-electron chi connectivity index (χ4n) is 2.63. The molecule has 0 aliphatic heterocycles. The Balaban J connectivity index is 0.00000392. The van der Waals surface area contributed by atoms with Crippen LogP contribution in [0.25, 0.3) is 0 Å². The first-order valence-corrected chi connectivity index (χ1v) is 9.28. The molecule has 0 saturated heterocycles. The van der Waals surface area contributed by atoms with Gasteiger partial charge < -0.3 is 25.3 Å². The fourth-order valence-corrected chi connectivity index (χ4v) is 2.63. The first kappa shape index (κ1) is 23.4. The van der Waals surface area contributed by atoms with Crippen LogP contribution in [0.3, 0.4) is 0 Å². The number of ether oxygens (including phenoxy) is 3. The van der Waals surface area contributed by atoms with Crippen molar-refractivity contribution >= 4 is 24.0 Å². The Bertz CT molecular complexity index is 724. The van der Waals surface area contributed by atoms with Gasteiger partial charge in [-0.15, -0.1) is 12.4 Å². The lowest BCUT2D eigenvalue weighted by Gasteiger charge is -2.17. The molecule has 7 heteroatoms. The van der Waals surface area contributed by atoms with E-state index < -0.39 is 0 Å². The van der Waals surface area contributed by atoms with Crippen molar-refractivity contribution in [1.29, 1.82) is 0 Å². The summed E-state index contributed by atoms with van der Waals surface area (Å²) in [6, 6.07) is 11.0. The summed E-state index contributed by atoms with van der Waals surface area (Å²) in [7, 11) is 0. The second-order valence-electron chi connectivity index (χ2n) is 5.85. The zero-order valence-electron chi connectivity index (χ0n) is 16.6. The first-order valence-electron chi connectivity index (χ1n) is 9.28. The molecule has 0 radical (unpaired) electrons. The van der Waals surface area contributed by atoms with Crippen LogP contribution >= 0.6 is 12.4 Å². The van der Waals surface area contributed by atoms with Crippen molar-refractivity contribution in [2.75, 3.05) is 32.1 Å². The highest BCUT2D eigenvalue weighted by molar-refractivity contribution is 5.95. The Kier molecular flexibility index (Phi) is 10.0. The van der Waals surface area contributed by atoms with Gasteiger partial charge in [-0.3, -0.25) is 4.79 Å². The van der Waals surface area contributed by atoms with Crippen LogP contribution in [-0.2, 0) is 6.42 Å². The molecule has 154 valence electrons. The Hall–Kier alpha value is -2.60. The average Bonchev–Trinajstić information content (AvgIpc) is 2.66. The predicted octanol–water partition coefficient (Wildman–Crippen LogP) is 3.86. The molecule has 1 amide bonds. The summed E-state index contributed by atoms with van der Waals surface area (Å²) < 4.78 is 17.0. The van der Waals surface area contributed by atoms with Crippen LogP contribution in [0.4, 0.5) is 5.69 Å². The molecule has 0 aromatic heterocycles. The fraction of sp³-hybridized carbons (Fsp3) is 0.381. The number of nitrogens with two attached hydrogens (primary N) is 1. The standard InChI is InChI=1S/C21H28N2O4.ClH/c1-4-25-18-13-16(14-19(26-5-2)20(18)27-6-3)21(24)23-12-11-15-7-9-17(22)10-8-15;/h7-10,13-14H,4-6,11-12,22H2,1-3H3,(H,23,24);1H. The maximum absolute atomic E-state index is 12.6. The van der Waals surface area contributed by atoms with Crippen molar-refractivity contribution in [2.24, 2.45) is 0 Å². The molecule has 0 fully saturated rings. The van der Waals surface area contributed by atoms with E-state index in [0.29, 0.717) is 49.2 Å². The summed E-state index contributed by atoms with van der Waals surface area (Å²) >= 11 is 0. The summed E-state index contributed by atoms with van der Waals surface area (Å²) in [5, 5.41) is 2.93. The number of nitrogens with one attached hydrogen (secondary N) is 1. The third-order valence-electron chi connectivity index (χ3n) is 3.85. The molecule has 0 aliphatic rings. The van der Waals surface area contributed by atoms with Crippen LogP contribution in [-0.4, -0.2) is 32.3 Å². The highest BCUT2D eigenvalue weighted by Gasteiger charge is 2.18. The lowest BCUT2D eigenvalue weighted by molar-refractivity contribution is 0.0953. The number of hydrogen-bond acceptors (Lipinski definition) is 5. The summed E-state index contributed by atoms with van der Waals surface area (Å²) in [6.45, 7) is 7.59. The zero-order chi connectivity index (χ0) is 19.6. The number of amides is 1. The highest BCUT2D eigenvalue weighted by Crippen LogP contribution is 2.39. The normalized spacial score (nSPS) is 9.96. The van der Waals surface area contributed by atoms with Crippen molar-refractivity contribution in [1.82, 2.24) is 5.32 Å². The molecule has 6 nitrogen and oxygen atoms in total. The Morgan fingerprint density at radius 3 is 1.96 bits per heavy atom. The minimum atomic E-state index is -0.185. The molecule has 28 heavy (non-hydrogen) atoms. The molecular formula is C21H29ClN2O4. The van der Waals surface area contributed by atoms with Crippen LogP contribution in [0.15, 0.2) is 36.4 Å². The largest absolute Gasteiger partial charge is 0.490 e. The molecule has 0 aliphatic carbocycles. The van der Waals surface area contributed by atoms with E-state index in [1.165, 1.54) is 0 Å². The zero-order valence-corrected chi connectivity index (χ0v) is 17.4. The van der Waals surface area contributed by atoms with Crippen LogP contribution in [0, 0.1) is 0 Å². The molecule has 0 saturated carbocycles. The quantitative estimate of drug-likeness (QED) is 0.583. The third-order valence-corrected chi connectivity index (χ3v) is 3.85.